The number of aryl methyl sites for hydroxylation is 2. The molecule has 0 fully saturated rings. The third kappa shape index (κ3) is 5.66. The normalized spacial score (nSPS) is 12.0. The van der Waals surface area contributed by atoms with E-state index in [9.17, 15) is 22.0 Å². The number of ether oxygens (including phenoxy) is 1. The smallest absolute Gasteiger partial charge is 0.387 e. The minimum atomic E-state index is -3.59. The zero-order valence-corrected chi connectivity index (χ0v) is 19.4. The molecule has 3 aromatic rings. The molecule has 0 aliphatic carbocycles. The molecule has 33 heavy (non-hydrogen) atoms. The van der Waals surface area contributed by atoms with Crippen molar-refractivity contribution >= 4 is 27.0 Å². The van der Waals surface area contributed by atoms with Gasteiger partial charge in [-0.2, -0.15) is 8.78 Å². The Kier molecular flexibility index (Phi) is 7.65. The Balaban J connectivity index is 1.70. The highest BCUT2D eigenvalue weighted by Crippen LogP contribution is 2.23. The molecule has 0 aliphatic heterocycles. The largest absolute Gasteiger partial charge is 0.434 e. The SMILES string of the molecule is CCn1c(CCC(=O)NCc2ccccc2OC(F)F)nc2cc(S(=O)(=O)N(C)C)ccc21. The molecule has 8 nitrogen and oxygen atoms in total. The van der Waals surface area contributed by atoms with Crippen LogP contribution in [0.15, 0.2) is 47.4 Å². The number of imidazole rings is 1. The standard InChI is InChI=1S/C22H26F2N4O4S/c1-4-28-18-10-9-16(33(30,31)27(2)3)13-17(18)26-20(28)11-12-21(29)25-14-15-7-5-6-8-19(15)32-22(23)24/h5-10,13,22H,4,11-12,14H2,1-3H3,(H,25,29). The van der Waals surface area contributed by atoms with Crippen LogP contribution in [0.4, 0.5) is 8.78 Å². The summed E-state index contributed by atoms with van der Waals surface area (Å²) in [5.41, 5.74) is 1.76. The lowest BCUT2D eigenvalue weighted by Gasteiger charge is -2.11. The number of rotatable bonds is 10. The quantitative estimate of drug-likeness (QED) is 0.481. The van der Waals surface area contributed by atoms with Gasteiger partial charge in [0.15, 0.2) is 0 Å². The number of para-hydroxylation sites is 1. The number of aromatic nitrogens is 2. The summed E-state index contributed by atoms with van der Waals surface area (Å²) in [4.78, 5) is 17.1. The zero-order chi connectivity index (χ0) is 24.2. The molecule has 0 aliphatic rings. The minimum absolute atomic E-state index is 0.0176. The van der Waals surface area contributed by atoms with Crippen molar-refractivity contribution in [2.45, 2.75) is 44.4 Å². The average Bonchev–Trinajstić information content (AvgIpc) is 3.13. The van der Waals surface area contributed by atoms with Gasteiger partial charge in [0.25, 0.3) is 0 Å². The highest BCUT2D eigenvalue weighted by atomic mass is 32.2. The Labute approximate surface area is 191 Å². The third-order valence-corrected chi connectivity index (χ3v) is 6.94. The van der Waals surface area contributed by atoms with Gasteiger partial charge >= 0.3 is 6.61 Å². The minimum Gasteiger partial charge on any atom is -0.434 e. The molecule has 0 saturated carbocycles. The third-order valence-electron chi connectivity index (χ3n) is 5.13. The van der Waals surface area contributed by atoms with Crippen molar-refractivity contribution in [2.75, 3.05) is 14.1 Å². The van der Waals surface area contributed by atoms with Crippen LogP contribution in [0, 0.1) is 0 Å². The van der Waals surface area contributed by atoms with Crippen LogP contribution in [0.3, 0.4) is 0 Å². The summed E-state index contributed by atoms with van der Waals surface area (Å²) in [7, 11) is -0.658. The fourth-order valence-corrected chi connectivity index (χ4v) is 4.37. The summed E-state index contributed by atoms with van der Waals surface area (Å²) in [6.45, 7) is -0.352. The van der Waals surface area contributed by atoms with Crippen LogP contribution in [-0.2, 0) is 34.3 Å². The number of fused-ring (bicyclic) bond motifs is 1. The van der Waals surface area contributed by atoms with Crippen molar-refractivity contribution in [1.82, 2.24) is 19.2 Å². The molecule has 3 rings (SSSR count). The van der Waals surface area contributed by atoms with Crippen LogP contribution in [0.5, 0.6) is 5.75 Å². The van der Waals surface area contributed by atoms with Crippen molar-refractivity contribution in [2.24, 2.45) is 0 Å². The number of nitrogens with one attached hydrogen (secondary N) is 1. The molecular weight excluding hydrogens is 454 g/mol. The van der Waals surface area contributed by atoms with Crippen LogP contribution in [-0.4, -0.2) is 48.9 Å². The number of alkyl halides is 2. The van der Waals surface area contributed by atoms with Crippen LogP contribution in [0.25, 0.3) is 11.0 Å². The first-order valence-electron chi connectivity index (χ1n) is 10.3. The van der Waals surface area contributed by atoms with Gasteiger partial charge in [0, 0.05) is 45.6 Å². The van der Waals surface area contributed by atoms with Gasteiger partial charge in [-0.15, -0.1) is 0 Å². The molecule has 1 amide bonds. The van der Waals surface area contributed by atoms with E-state index in [0.29, 0.717) is 29.9 Å². The summed E-state index contributed by atoms with van der Waals surface area (Å²) in [6, 6.07) is 11.1. The molecule has 1 aromatic heterocycles. The Morgan fingerprint density at radius 2 is 1.94 bits per heavy atom. The summed E-state index contributed by atoms with van der Waals surface area (Å²) in [5.74, 6) is 0.403. The zero-order valence-electron chi connectivity index (χ0n) is 18.6. The van der Waals surface area contributed by atoms with E-state index in [1.54, 1.807) is 30.3 Å². The van der Waals surface area contributed by atoms with Crippen LogP contribution in [0.1, 0.15) is 24.7 Å². The monoisotopic (exact) mass is 480 g/mol. The second-order valence-electron chi connectivity index (χ2n) is 7.47. The van der Waals surface area contributed by atoms with Gasteiger partial charge < -0.3 is 14.6 Å². The summed E-state index contributed by atoms with van der Waals surface area (Å²) < 4.78 is 57.5. The number of nitrogens with zero attached hydrogens (tertiary/aromatic N) is 3. The highest BCUT2D eigenvalue weighted by Gasteiger charge is 2.20. The molecule has 0 saturated heterocycles. The number of amides is 1. The van der Waals surface area contributed by atoms with Gasteiger partial charge in [-0.3, -0.25) is 4.79 Å². The van der Waals surface area contributed by atoms with E-state index in [1.165, 1.54) is 26.2 Å². The van der Waals surface area contributed by atoms with Gasteiger partial charge in [-0.25, -0.2) is 17.7 Å². The predicted octanol–water partition coefficient (Wildman–Crippen LogP) is 3.16. The molecule has 0 bridgehead atoms. The Morgan fingerprint density at radius 1 is 1.21 bits per heavy atom. The lowest BCUT2D eigenvalue weighted by Crippen LogP contribution is -2.24. The number of carbonyl (C=O) groups excluding carboxylic acids is 1. The first-order valence-corrected chi connectivity index (χ1v) is 11.8. The lowest BCUT2D eigenvalue weighted by atomic mass is 10.2. The van der Waals surface area contributed by atoms with Crippen molar-refractivity contribution in [3.63, 3.8) is 0 Å². The van der Waals surface area contributed by atoms with Gasteiger partial charge in [-0.1, -0.05) is 18.2 Å². The van der Waals surface area contributed by atoms with E-state index in [-0.39, 0.29) is 29.5 Å². The fraction of sp³-hybridized carbons (Fsp3) is 0.364. The van der Waals surface area contributed by atoms with E-state index in [0.717, 1.165) is 9.82 Å². The molecule has 0 radical (unpaired) electrons. The van der Waals surface area contributed by atoms with E-state index >= 15 is 0 Å². The maximum absolute atomic E-state index is 12.5. The van der Waals surface area contributed by atoms with E-state index in [4.69, 9.17) is 0 Å². The number of carbonyl (C=O) groups is 1. The van der Waals surface area contributed by atoms with E-state index in [2.05, 4.69) is 15.0 Å². The van der Waals surface area contributed by atoms with Crippen molar-refractivity contribution in [3.8, 4) is 5.75 Å². The van der Waals surface area contributed by atoms with Crippen LogP contribution in [0.2, 0.25) is 0 Å². The van der Waals surface area contributed by atoms with Crippen molar-refractivity contribution in [3.05, 3.63) is 53.9 Å². The van der Waals surface area contributed by atoms with Crippen LogP contribution < -0.4 is 10.1 Å². The summed E-state index contributed by atoms with van der Waals surface area (Å²) in [6.07, 6.45) is 0.462. The fourth-order valence-electron chi connectivity index (χ4n) is 3.44. The van der Waals surface area contributed by atoms with E-state index < -0.39 is 16.6 Å². The Hall–Kier alpha value is -3.05. The Bertz CT molecular complexity index is 1240. The molecular formula is C22H26F2N4O4S. The predicted molar refractivity (Wildman–Crippen MR) is 120 cm³/mol. The summed E-state index contributed by atoms with van der Waals surface area (Å²) >= 11 is 0. The number of halogens is 2. The molecule has 1 N–H and O–H groups in total. The lowest BCUT2D eigenvalue weighted by molar-refractivity contribution is -0.121. The number of sulfonamides is 1. The molecule has 1 heterocycles. The van der Waals surface area contributed by atoms with Gasteiger partial charge in [-0.05, 0) is 31.2 Å². The van der Waals surface area contributed by atoms with Gasteiger partial charge in [0.2, 0.25) is 15.9 Å². The molecule has 11 heteroatoms. The molecule has 0 spiro atoms. The highest BCUT2D eigenvalue weighted by molar-refractivity contribution is 7.89. The van der Waals surface area contributed by atoms with Gasteiger partial charge in [0.05, 0.1) is 15.9 Å². The maximum Gasteiger partial charge on any atom is 0.387 e. The van der Waals surface area contributed by atoms with Crippen LogP contribution >= 0.6 is 0 Å². The second kappa shape index (κ2) is 10.3. The first kappa shape index (κ1) is 24.6. The molecule has 0 unspecified atom stereocenters. The number of benzene rings is 2. The van der Waals surface area contributed by atoms with Crippen molar-refractivity contribution < 1.29 is 26.7 Å². The van der Waals surface area contributed by atoms with Crippen molar-refractivity contribution in [1.29, 1.82) is 0 Å². The number of hydrogen-bond acceptors (Lipinski definition) is 5. The summed E-state index contributed by atoms with van der Waals surface area (Å²) in [5, 5.41) is 2.71. The molecule has 178 valence electrons. The molecule has 2 aromatic carbocycles. The van der Waals surface area contributed by atoms with Gasteiger partial charge in [0.1, 0.15) is 11.6 Å². The number of hydrogen-bond donors (Lipinski definition) is 1. The first-order chi connectivity index (χ1) is 15.6. The van der Waals surface area contributed by atoms with E-state index in [1.807, 2.05) is 11.5 Å². The topological polar surface area (TPSA) is 93.5 Å². The maximum atomic E-state index is 12.5. The Morgan fingerprint density at radius 3 is 2.61 bits per heavy atom. The second-order valence-corrected chi connectivity index (χ2v) is 9.63. The average molecular weight is 481 g/mol. The molecule has 0 atom stereocenters.